The van der Waals surface area contributed by atoms with E-state index in [1.54, 1.807) is 20.8 Å². The van der Waals surface area contributed by atoms with Crippen molar-refractivity contribution in [3.63, 3.8) is 0 Å². The molecule has 12 nitrogen and oxygen atoms in total. The number of fused-ring (bicyclic) bond motifs is 1. The molecule has 0 bridgehead atoms. The van der Waals surface area contributed by atoms with Gasteiger partial charge in [0.05, 0.1) is 36.1 Å². The number of likely N-dealkylation sites (tertiary alicyclic amines) is 1. The van der Waals surface area contributed by atoms with Crippen molar-refractivity contribution in [2.24, 2.45) is 0 Å². The Morgan fingerprint density at radius 3 is 2.58 bits per heavy atom. The van der Waals surface area contributed by atoms with Gasteiger partial charge in [0.25, 0.3) is 10.0 Å². The first kappa shape index (κ1) is 30.5. The second-order valence-corrected chi connectivity index (χ2v) is 13.7. The molecular formula is C28H33F2N7O5S. The van der Waals surface area contributed by atoms with Crippen LogP contribution in [0.15, 0.2) is 43.0 Å². The minimum absolute atomic E-state index is 0.0822. The van der Waals surface area contributed by atoms with Crippen LogP contribution in [0.2, 0.25) is 0 Å². The smallest absolute Gasteiger partial charge is 0.407 e. The fraction of sp³-hybridized carbons (Fsp3) is 0.464. The monoisotopic (exact) mass is 617 g/mol. The number of nitrogens with one attached hydrogen (secondary N) is 1. The average Bonchev–Trinajstić information content (AvgIpc) is 3.49. The van der Waals surface area contributed by atoms with E-state index in [-0.39, 0.29) is 31.0 Å². The van der Waals surface area contributed by atoms with Crippen molar-refractivity contribution in [3.8, 4) is 0 Å². The fourth-order valence-corrected chi connectivity index (χ4v) is 6.12. The normalized spacial score (nSPS) is 21.0. The number of carbonyl (C=O) groups is 2. The Labute approximate surface area is 248 Å². The third-order valence-electron chi connectivity index (χ3n) is 7.34. The van der Waals surface area contributed by atoms with Crippen LogP contribution in [-0.2, 0) is 39.1 Å². The van der Waals surface area contributed by atoms with Gasteiger partial charge in [0.1, 0.15) is 17.2 Å². The fourth-order valence-electron chi connectivity index (χ4n) is 5.56. The summed E-state index contributed by atoms with van der Waals surface area (Å²) in [5.74, 6) is -1.84. The van der Waals surface area contributed by atoms with Gasteiger partial charge in [-0.05, 0) is 45.4 Å². The maximum atomic E-state index is 15.3. The number of hydrogen-bond donors (Lipinski definition) is 1. The molecule has 1 fully saturated rings. The quantitative estimate of drug-likeness (QED) is 0.442. The number of benzene rings is 1. The largest absolute Gasteiger partial charge is 0.444 e. The minimum Gasteiger partial charge on any atom is -0.444 e. The van der Waals surface area contributed by atoms with Gasteiger partial charge in [-0.15, -0.1) is 0 Å². The van der Waals surface area contributed by atoms with Crippen molar-refractivity contribution >= 4 is 22.0 Å². The number of hydrogen-bond acceptors (Lipinski definition) is 9. The van der Waals surface area contributed by atoms with Gasteiger partial charge in [0.15, 0.2) is 0 Å². The molecule has 1 aromatic carbocycles. The van der Waals surface area contributed by atoms with Crippen molar-refractivity contribution in [2.75, 3.05) is 12.8 Å². The maximum Gasteiger partial charge on any atom is 0.407 e. The lowest BCUT2D eigenvalue weighted by Gasteiger charge is -2.47. The van der Waals surface area contributed by atoms with Gasteiger partial charge in [-0.3, -0.25) is 19.7 Å². The number of nitrogens with zero attached hydrogens (tertiary/aromatic N) is 6. The SMILES string of the molecule is CC(C)(C)OC(=O)N[C@H]1C[C@@H](N2Cc3cn(S(C)(=O)=O)nc3C2)CN(C(=O)Cc2cnccn2)[C@@H]1c1cc(F)ccc1F. The Morgan fingerprint density at radius 1 is 1.16 bits per heavy atom. The molecule has 230 valence electrons. The Bertz CT molecular complexity index is 1600. The van der Waals surface area contributed by atoms with E-state index in [0.29, 0.717) is 24.5 Å². The van der Waals surface area contributed by atoms with E-state index in [1.807, 2.05) is 4.90 Å². The molecule has 4 heterocycles. The number of alkyl carbamates (subject to hydrolysis) is 1. The highest BCUT2D eigenvalue weighted by molar-refractivity contribution is 7.89. The van der Waals surface area contributed by atoms with Gasteiger partial charge in [-0.1, -0.05) is 0 Å². The molecule has 2 aliphatic heterocycles. The van der Waals surface area contributed by atoms with Gasteiger partial charge < -0.3 is 15.0 Å². The van der Waals surface area contributed by atoms with E-state index >= 15 is 4.39 Å². The van der Waals surface area contributed by atoms with Crippen LogP contribution < -0.4 is 5.32 Å². The lowest BCUT2D eigenvalue weighted by molar-refractivity contribution is -0.137. The summed E-state index contributed by atoms with van der Waals surface area (Å²) in [6.45, 7) is 5.87. The van der Waals surface area contributed by atoms with Crippen LogP contribution in [0, 0.1) is 11.6 Å². The lowest BCUT2D eigenvalue weighted by atomic mass is 9.86. The Balaban J connectivity index is 1.51. The standard InChI is InChI=1S/C28H33F2N7O5S/c1-28(2,3)42-27(39)33-23-11-20(35-13-17-14-37(43(4,40)41)34-24(17)16-35)15-36(25(38)10-19-12-31-7-8-32-19)26(23)21-9-18(29)5-6-22(21)30/h5-9,12,14,20,23,26H,10-11,13,15-16H2,1-4H3,(H,33,39)/t20-,23+,26-/m1/s1. The van der Waals surface area contributed by atoms with E-state index in [2.05, 4.69) is 20.4 Å². The Morgan fingerprint density at radius 2 is 1.93 bits per heavy atom. The first-order valence-electron chi connectivity index (χ1n) is 13.7. The Kier molecular flexibility index (Phi) is 8.22. The van der Waals surface area contributed by atoms with Gasteiger partial charge >= 0.3 is 6.09 Å². The predicted octanol–water partition coefficient (Wildman–Crippen LogP) is 2.55. The van der Waals surface area contributed by atoms with Crippen LogP contribution >= 0.6 is 0 Å². The summed E-state index contributed by atoms with van der Waals surface area (Å²) in [4.78, 5) is 38.6. The van der Waals surface area contributed by atoms with Gasteiger partial charge in [-0.2, -0.15) is 9.19 Å². The summed E-state index contributed by atoms with van der Waals surface area (Å²) >= 11 is 0. The second kappa shape index (κ2) is 11.6. The number of ether oxygens (including phenoxy) is 1. The molecule has 2 aromatic heterocycles. The van der Waals surface area contributed by atoms with E-state index in [9.17, 15) is 22.4 Å². The maximum absolute atomic E-state index is 15.3. The van der Waals surface area contributed by atoms with Crippen molar-refractivity contribution in [1.82, 2.24) is 34.3 Å². The summed E-state index contributed by atoms with van der Waals surface area (Å²) in [5, 5.41) is 7.04. The number of carbonyl (C=O) groups excluding carboxylic acids is 2. The second-order valence-electron chi connectivity index (χ2n) is 11.8. The molecule has 5 rings (SSSR count). The topological polar surface area (TPSA) is 140 Å². The number of amides is 2. The highest BCUT2D eigenvalue weighted by atomic mass is 32.2. The molecule has 0 saturated carbocycles. The minimum atomic E-state index is -3.56. The Hall–Kier alpha value is -3.98. The number of aromatic nitrogens is 4. The van der Waals surface area contributed by atoms with Crippen LogP contribution in [0.5, 0.6) is 0 Å². The molecule has 1 saturated heterocycles. The van der Waals surface area contributed by atoms with Crippen molar-refractivity contribution in [1.29, 1.82) is 0 Å². The van der Waals surface area contributed by atoms with Crippen molar-refractivity contribution in [3.05, 3.63) is 77.1 Å². The zero-order valence-corrected chi connectivity index (χ0v) is 25.0. The summed E-state index contributed by atoms with van der Waals surface area (Å²) in [6, 6.07) is 0.713. The lowest BCUT2D eigenvalue weighted by Crippen LogP contribution is -2.59. The first-order valence-corrected chi connectivity index (χ1v) is 15.5. The molecule has 2 aliphatic rings. The van der Waals surface area contributed by atoms with Crippen molar-refractivity contribution in [2.45, 2.75) is 70.4 Å². The summed E-state index contributed by atoms with van der Waals surface area (Å²) in [5.41, 5.74) is 0.777. The molecule has 0 radical (unpaired) electrons. The third kappa shape index (κ3) is 6.99. The van der Waals surface area contributed by atoms with Gasteiger partial charge in [0, 0.05) is 61.6 Å². The van der Waals surface area contributed by atoms with Crippen LogP contribution in [0.3, 0.4) is 0 Å². The predicted molar refractivity (Wildman–Crippen MR) is 150 cm³/mol. The molecule has 3 atom stereocenters. The summed E-state index contributed by atoms with van der Waals surface area (Å²) in [6.07, 6.45) is 6.24. The van der Waals surface area contributed by atoms with Crippen LogP contribution in [0.1, 0.15) is 55.7 Å². The average molecular weight is 618 g/mol. The van der Waals surface area contributed by atoms with E-state index in [4.69, 9.17) is 4.74 Å². The van der Waals surface area contributed by atoms with Crippen LogP contribution in [0.4, 0.5) is 13.6 Å². The summed E-state index contributed by atoms with van der Waals surface area (Å²) in [7, 11) is -3.56. The number of piperidine rings is 1. The van der Waals surface area contributed by atoms with Crippen LogP contribution in [0.25, 0.3) is 0 Å². The first-order chi connectivity index (χ1) is 20.2. The highest BCUT2D eigenvalue weighted by Crippen LogP contribution is 2.37. The van der Waals surface area contributed by atoms with Gasteiger partial charge in [-0.25, -0.2) is 22.0 Å². The zero-order valence-electron chi connectivity index (χ0n) is 24.2. The molecule has 0 unspecified atom stereocenters. The summed E-state index contributed by atoms with van der Waals surface area (Å²) < 4.78 is 60.2. The van der Waals surface area contributed by atoms with Crippen LogP contribution in [-0.4, -0.2) is 79.9 Å². The molecule has 0 spiro atoms. The molecule has 0 aliphatic carbocycles. The van der Waals surface area contributed by atoms with Gasteiger partial charge in [0.2, 0.25) is 5.91 Å². The van der Waals surface area contributed by atoms with Crippen molar-refractivity contribution < 1.29 is 31.5 Å². The molecular weight excluding hydrogens is 584 g/mol. The van der Waals surface area contributed by atoms with E-state index in [0.717, 1.165) is 34.1 Å². The molecule has 2 amide bonds. The zero-order chi connectivity index (χ0) is 31.1. The molecule has 15 heteroatoms. The number of rotatable bonds is 6. The molecule has 43 heavy (non-hydrogen) atoms. The highest BCUT2D eigenvalue weighted by Gasteiger charge is 2.45. The molecule has 3 aromatic rings. The third-order valence-corrected chi connectivity index (χ3v) is 8.20. The number of halogens is 2. The van der Waals surface area contributed by atoms with E-state index < -0.39 is 51.3 Å². The molecule has 1 N–H and O–H groups in total. The van der Waals surface area contributed by atoms with E-state index in [1.165, 1.54) is 29.7 Å².